The molecule has 0 radical (unpaired) electrons. The first kappa shape index (κ1) is 8.57. The van der Waals surface area contributed by atoms with Crippen LogP contribution >= 0.6 is 0 Å². The third-order valence-electron chi connectivity index (χ3n) is 2.52. The summed E-state index contributed by atoms with van der Waals surface area (Å²) in [4.78, 5) is 2.43. The molecule has 13 heavy (non-hydrogen) atoms. The van der Waals surface area contributed by atoms with Gasteiger partial charge in [0.2, 0.25) is 0 Å². The van der Waals surface area contributed by atoms with E-state index in [4.69, 9.17) is 0 Å². The van der Waals surface area contributed by atoms with Crippen molar-refractivity contribution in [2.45, 2.75) is 19.4 Å². The molecule has 70 valence electrons. The van der Waals surface area contributed by atoms with Crippen molar-refractivity contribution in [3.8, 4) is 5.75 Å². The first-order valence-corrected chi connectivity index (χ1v) is 4.85. The van der Waals surface area contributed by atoms with Gasteiger partial charge in [0.25, 0.3) is 0 Å². The minimum atomic E-state index is 0.372. The zero-order valence-corrected chi connectivity index (χ0v) is 7.74. The van der Waals surface area contributed by atoms with E-state index in [2.05, 4.69) is 11.0 Å². The Hall–Kier alpha value is -1.02. The lowest BCUT2D eigenvalue weighted by Crippen LogP contribution is -2.18. The Bertz CT molecular complexity index is 279. The number of phenols is 1. The minimum Gasteiger partial charge on any atom is -0.508 e. The zero-order valence-electron chi connectivity index (χ0n) is 7.74. The summed E-state index contributed by atoms with van der Waals surface area (Å²) in [5, 5.41) is 9.27. The molecule has 1 aromatic rings. The lowest BCUT2D eigenvalue weighted by atomic mass is 10.2. The summed E-state index contributed by atoms with van der Waals surface area (Å²) < 4.78 is 0. The highest BCUT2D eigenvalue weighted by molar-refractivity contribution is 5.26. The molecule has 1 aliphatic heterocycles. The first-order chi connectivity index (χ1) is 6.34. The second-order valence-corrected chi connectivity index (χ2v) is 3.65. The lowest BCUT2D eigenvalue weighted by Gasteiger charge is -2.14. The summed E-state index contributed by atoms with van der Waals surface area (Å²) in [6.45, 7) is 3.39. The van der Waals surface area contributed by atoms with Crippen molar-refractivity contribution >= 4 is 0 Å². The van der Waals surface area contributed by atoms with Gasteiger partial charge < -0.3 is 5.11 Å². The standard InChI is InChI=1S/C11H15NO/c13-11-5-3-4-10(8-11)9-12-6-1-2-7-12/h3-5,8,13H,1-2,6-7,9H2. The van der Waals surface area contributed by atoms with Crippen LogP contribution in [0.2, 0.25) is 0 Å². The summed E-state index contributed by atoms with van der Waals surface area (Å²) in [7, 11) is 0. The molecule has 0 unspecified atom stereocenters. The SMILES string of the molecule is Oc1cccc(CN2CCCC2)c1. The average molecular weight is 177 g/mol. The van der Waals surface area contributed by atoms with Gasteiger partial charge in [-0.05, 0) is 43.6 Å². The number of phenolic OH excluding ortho intramolecular Hbond substituents is 1. The molecule has 0 bridgehead atoms. The van der Waals surface area contributed by atoms with E-state index in [1.807, 2.05) is 12.1 Å². The molecule has 2 heteroatoms. The maximum Gasteiger partial charge on any atom is 0.115 e. The molecule has 0 spiro atoms. The molecule has 0 aliphatic carbocycles. The molecule has 0 saturated carbocycles. The van der Waals surface area contributed by atoms with E-state index < -0.39 is 0 Å². The van der Waals surface area contributed by atoms with Crippen LogP contribution in [-0.4, -0.2) is 23.1 Å². The van der Waals surface area contributed by atoms with E-state index in [1.165, 1.54) is 31.5 Å². The summed E-state index contributed by atoms with van der Waals surface area (Å²) in [6, 6.07) is 7.53. The van der Waals surface area contributed by atoms with Crippen molar-refractivity contribution in [3.63, 3.8) is 0 Å². The highest BCUT2D eigenvalue weighted by Gasteiger charge is 2.11. The van der Waals surface area contributed by atoms with Crippen LogP contribution in [-0.2, 0) is 6.54 Å². The predicted molar refractivity (Wildman–Crippen MR) is 52.6 cm³/mol. The van der Waals surface area contributed by atoms with Crippen LogP contribution in [0.25, 0.3) is 0 Å². The lowest BCUT2D eigenvalue weighted by molar-refractivity contribution is 0.330. The van der Waals surface area contributed by atoms with Gasteiger partial charge >= 0.3 is 0 Å². The second kappa shape index (κ2) is 3.79. The minimum absolute atomic E-state index is 0.372. The Morgan fingerprint density at radius 3 is 2.69 bits per heavy atom. The molecule has 2 nitrogen and oxygen atoms in total. The van der Waals surface area contributed by atoms with Crippen LogP contribution in [0.1, 0.15) is 18.4 Å². The van der Waals surface area contributed by atoms with Crippen molar-refractivity contribution in [1.29, 1.82) is 0 Å². The number of nitrogens with zero attached hydrogens (tertiary/aromatic N) is 1. The largest absolute Gasteiger partial charge is 0.508 e. The van der Waals surface area contributed by atoms with E-state index in [1.54, 1.807) is 6.07 Å². The molecule has 1 aromatic carbocycles. The average Bonchev–Trinajstić information content (AvgIpc) is 2.57. The molecular weight excluding hydrogens is 162 g/mol. The normalized spacial score (nSPS) is 17.8. The topological polar surface area (TPSA) is 23.5 Å². The highest BCUT2D eigenvalue weighted by Crippen LogP contribution is 2.15. The van der Waals surface area contributed by atoms with E-state index in [9.17, 15) is 5.11 Å². The number of benzene rings is 1. The molecule has 1 heterocycles. The fourth-order valence-corrected chi connectivity index (χ4v) is 1.85. The summed E-state index contributed by atoms with van der Waals surface area (Å²) in [6.07, 6.45) is 2.64. The zero-order chi connectivity index (χ0) is 9.10. The third kappa shape index (κ3) is 2.22. The van der Waals surface area contributed by atoms with Crippen molar-refractivity contribution in [1.82, 2.24) is 4.90 Å². The van der Waals surface area contributed by atoms with Crippen LogP contribution in [0.3, 0.4) is 0 Å². The fourth-order valence-electron chi connectivity index (χ4n) is 1.85. The van der Waals surface area contributed by atoms with Gasteiger partial charge in [0, 0.05) is 6.54 Å². The van der Waals surface area contributed by atoms with Crippen molar-refractivity contribution in [3.05, 3.63) is 29.8 Å². The van der Waals surface area contributed by atoms with E-state index >= 15 is 0 Å². The summed E-state index contributed by atoms with van der Waals surface area (Å²) >= 11 is 0. The maximum absolute atomic E-state index is 9.27. The van der Waals surface area contributed by atoms with Crippen LogP contribution in [0.15, 0.2) is 24.3 Å². The quantitative estimate of drug-likeness (QED) is 0.746. The molecule has 0 amide bonds. The maximum atomic E-state index is 9.27. The molecule has 1 N–H and O–H groups in total. The summed E-state index contributed by atoms with van der Waals surface area (Å²) in [5.74, 6) is 0.372. The van der Waals surface area contributed by atoms with Gasteiger partial charge in [0.05, 0.1) is 0 Å². The molecular formula is C11H15NO. The fraction of sp³-hybridized carbons (Fsp3) is 0.455. The first-order valence-electron chi connectivity index (χ1n) is 4.85. The van der Waals surface area contributed by atoms with E-state index in [0.717, 1.165) is 6.54 Å². The highest BCUT2D eigenvalue weighted by atomic mass is 16.3. The number of hydrogen-bond donors (Lipinski definition) is 1. The molecule has 1 aliphatic rings. The molecule has 0 atom stereocenters. The van der Waals surface area contributed by atoms with E-state index in [-0.39, 0.29) is 0 Å². The number of hydrogen-bond acceptors (Lipinski definition) is 2. The van der Waals surface area contributed by atoms with Crippen LogP contribution in [0.4, 0.5) is 0 Å². The number of likely N-dealkylation sites (tertiary alicyclic amines) is 1. The Labute approximate surface area is 78.8 Å². The number of aromatic hydroxyl groups is 1. The van der Waals surface area contributed by atoms with Crippen LogP contribution < -0.4 is 0 Å². The van der Waals surface area contributed by atoms with Gasteiger partial charge in [0.15, 0.2) is 0 Å². The van der Waals surface area contributed by atoms with Gasteiger partial charge in [0.1, 0.15) is 5.75 Å². The van der Waals surface area contributed by atoms with Gasteiger partial charge in [-0.15, -0.1) is 0 Å². The van der Waals surface area contributed by atoms with Crippen molar-refractivity contribution in [2.24, 2.45) is 0 Å². The molecule has 0 aromatic heterocycles. The third-order valence-corrected chi connectivity index (χ3v) is 2.52. The Morgan fingerprint density at radius 2 is 2.00 bits per heavy atom. The summed E-state index contributed by atoms with van der Waals surface area (Å²) in [5.41, 5.74) is 1.21. The second-order valence-electron chi connectivity index (χ2n) is 3.65. The Balaban J connectivity index is 2.00. The molecule has 1 fully saturated rings. The van der Waals surface area contributed by atoms with Gasteiger partial charge in [-0.25, -0.2) is 0 Å². The Morgan fingerprint density at radius 1 is 1.23 bits per heavy atom. The van der Waals surface area contributed by atoms with Crippen molar-refractivity contribution in [2.75, 3.05) is 13.1 Å². The molecule has 2 rings (SSSR count). The van der Waals surface area contributed by atoms with Gasteiger partial charge in [-0.1, -0.05) is 12.1 Å². The monoisotopic (exact) mass is 177 g/mol. The van der Waals surface area contributed by atoms with E-state index in [0.29, 0.717) is 5.75 Å². The van der Waals surface area contributed by atoms with Crippen LogP contribution in [0, 0.1) is 0 Å². The van der Waals surface area contributed by atoms with Crippen molar-refractivity contribution < 1.29 is 5.11 Å². The Kier molecular flexibility index (Phi) is 2.50. The van der Waals surface area contributed by atoms with Gasteiger partial charge in [-0.2, -0.15) is 0 Å². The molecule has 1 saturated heterocycles. The number of rotatable bonds is 2. The predicted octanol–water partition coefficient (Wildman–Crippen LogP) is 1.99. The smallest absolute Gasteiger partial charge is 0.115 e. The van der Waals surface area contributed by atoms with Crippen LogP contribution in [0.5, 0.6) is 5.75 Å². The van der Waals surface area contributed by atoms with Gasteiger partial charge in [-0.3, -0.25) is 4.90 Å².